The van der Waals surface area contributed by atoms with Crippen LogP contribution >= 0.6 is 11.8 Å². The second-order valence-corrected chi connectivity index (χ2v) is 6.28. The number of aromatic nitrogens is 2. The fourth-order valence-corrected chi connectivity index (χ4v) is 3.83. The first-order chi connectivity index (χ1) is 8.42. The van der Waals surface area contributed by atoms with Crippen molar-refractivity contribution in [3.63, 3.8) is 0 Å². The Kier molecular flexibility index (Phi) is 3.60. The van der Waals surface area contributed by atoms with Crippen LogP contribution in [0.2, 0.25) is 0 Å². The molecule has 1 aliphatic carbocycles. The quantitative estimate of drug-likeness (QED) is 0.822. The summed E-state index contributed by atoms with van der Waals surface area (Å²) in [6.07, 6.45) is 13.1. The highest BCUT2D eigenvalue weighted by Gasteiger charge is 2.19. The molecule has 0 spiro atoms. The van der Waals surface area contributed by atoms with Crippen molar-refractivity contribution in [2.75, 3.05) is 5.75 Å². The Bertz CT molecular complexity index is 354. The number of ether oxygens (including phenoxy) is 1. The van der Waals surface area contributed by atoms with Crippen LogP contribution in [-0.2, 0) is 0 Å². The predicted molar refractivity (Wildman–Crippen MR) is 70.5 cm³/mol. The molecule has 94 valence electrons. The van der Waals surface area contributed by atoms with E-state index in [2.05, 4.69) is 16.0 Å². The van der Waals surface area contributed by atoms with Gasteiger partial charge in [0.2, 0.25) is 0 Å². The van der Waals surface area contributed by atoms with Crippen LogP contribution in [0.5, 0.6) is 5.75 Å². The minimum Gasteiger partial charge on any atom is -0.477 e. The summed E-state index contributed by atoms with van der Waals surface area (Å²) in [5, 5.41) is 4.46. The number of rotatable bonds is 3. The minimum atomic E-state index is 0.360. The Balaban J connectivity index is 1.60. The maximum atomic E-state index is 5.93. The molecule has 0 radical (unpaired) electrons. The van der Waals surface area contributed by atoms with Crippen LogP contribution in [0.4, 0.5) is 0 Å². The van der Waals surface area contributed by atoms with E-state index < -0.39 is 0 Å². The van der Waals surface area contributed by atoms with Crippen molar-refractivity contribution >= 4 is 11.8 Å². The highest BCUT2D eigenvalue weighted by molar-refractivity contribution is 8.00. The SMILES string of the molecule is c1nn(C2CCCCC2)cc1OC1CCCS1. The fraction of sp³-hybridized carbons (Fsp3) is 0.769. The smallest absolute Gasteiger partial charge is 0.158 e. The first kappa shape index (κ1) is 11.5. The van der Waals surface area contributed by atoms with Crippen molar-refractivity contribution < 1.29 is 4.74 Å². The van der Waals surface area contributed by atoms with Crippen LogP contribution in [0, 0.1) is 0 Å². The van der Waals surface area contributed by atoms with Gasteiger partial charge in [-0.1, -0.05) is 19.3 Å². The standard InChI is InChI=1S/C13H20N2OS/c1-2-5-11(6-3-1)15-10-12(9-14-15)16-13-7-4-8-17-13/h9-11,13H,1-8H2. The van der Waals surface area contributed by atoms with Gasteiger partial charge < -0.3 is 4.74 Å². The van der Waals surface area contributed by atoms with E-state index >= 15 is 0 Å². The Labute approximate surface area is 107 Å². The topological polar surface area (TPSA) is 27.1 Å². The average Bonchev–Trinajstić information content (AvgIpc) is 3.02. The molecule has 1 aliphatic heterocycles. The van der Waals surface area contributed by atoms with E-state index in [9.17, 15) is 0 Å². The first-order valence-electron chi connectivity index (χ1n) is 6.74. The van der Waals surface area contributed by atoms with Crippen LogP contribution in [0.1, 0.15) is 51.0 Å². The van der Waals surface area contributed by atoms with Crippen LogP contribution in [0.25, 0.3) is 0 Å². The van der Waals surface area contributed by atoms with Gasteiger partial charge in [-0.2, -0.15) is 5.10 Å². The molecule has 1 unspecified atom stereocenters. The van der Waals surface area contributed by atoms with Crippen molar-refractivity contribution in [1.29, 1.82) is 0 Å². The van der Waals surface area contributed by atoms with Gasteiger partial charge >= 0.3 is 0 Å². The van der Waals surface area contributed by atoms with Gasteiger partial charge in [-0.3, -0.25) is 4.68 Å². The summed E-state index contributed by atoms with van der Waals surface area (Å²) >= 11 is 1.92. The first-order valence-corrected chi connectivity index (χ1v) is 7.79. The molecule has 0 amide bonds. The van der Waals surface area contributed by atoms with Gasteiger partial charge in [0.25, 0.3) is 0 Å². The second kappa shape index (κ2) is 5.34. The molecule has 0 bridgehead atoms. The summed E-state index contributed by atoms with van der Waals surface area (Å²) in [6, 6.07) is 0.609. The van der Waals surface area contributed by atoms with Gasteiger partial charge in [-0.25, -0.2) is 0 Å². The molecule has 1 saturated carbocycles. The summed E-state index contributed by atoms with van der Waals surface area (Å²) in [5.74, 6) is 2.19. The van der Waals surface area contributed by atoms with E-state index in [-0.39, 0.29) is 0 Å². The van der Waals surface area contributed by atoms with Crippen molar-refractivity contribution in [1.82, 2.24) is 9.78 Å². The summed E-state index contributed by atoms with van der Waals surface area (Å²) < 4.78 is 8.05. The summed E-state index contributed by atoms with van der Waals surface area (Å²) in [4.78, 5) is 0. The molecule has 0 aromatic carbocycles. The highest BCUT2D eigenvalue weighted by Crippen LogP contribution is 2.31. The van der Waals surface area contributed by atoms with Gasteiger partial charge in [-0.05, 0) is 31.4 Å². The number of hydrogen-bond acceptors (Lipinski definition) is 3. The van der Waals surface area contributed by atoms with E-state index in [4.69, 9.17) is 4.74 Å². The Morgan fingerprint density at radius 1 is 1.18 bits per heavy atom. The number of thioether (sulfide) groups is 1. The van der Waals surface area contributed by atoms with Gasteiger partial charge in [0.15, 0.2) is 5.75 Å². The summed E-state index contributed by atoms with van der Waals surface area (Å²) in [7, 11) is 0. The van der Waals surface area contributed by atoms with E-state index in [1.165, 1.54) is 50.7 Å². The molecule has 17 heavy (non-hydrogen) atoms. The molecule has 0 N–H and O–H groups in total. The molecule has 3 rings (SSSR count). The molecule has 1 saturated heterocycles. The van der Waals surface area contributed by atoms with Crippen LogP contribution in [-0.4, -0.2) is 21.0 Å². The molecular weight excluding hydrogens is 232 g/mol. The lowest BCUT2D eigenvalue weighted by Gasteiger charge is -2.21. The number of nitrogens with zero attached hydrogens (tertiary/aromatic N) is 2. The van der Waals surface area contributed by atoms with Gasteiger partial charge in [-0.15, -0.1) is 11.8 Å². The maximum absolute atomic E-state index is 5.93. The van der Waals surface area contributed by atoms with Crippen molar-refractivity contribution in [2.24, 2.45) is 0 Å². The lowest BCUT2D eigenvalue weighted by Crippen LogP contribution is -2.13. The third-order valence-electron chi connectivity index (χ3n) is 3.68. The summed E-state index contributed by atoms with van der Waals surface area (Å²) in [6.45, 7) is 0. The van der Waals surface area contributed by atoms with Crippen molar-refractivity contribution in [3.05, 3.63) is 12.4 Å². The largest absolute Gasteiger partial charge is 0.477 e. The van der Waals surface area contributed by atoms with Gasteiger partial charge in [0.05, 0.1) is 18.4 Å². The average molecular weight is 252 g/mol. The van der Waals surface area contributed by atoms with Crippen molar-refractivity contribution in [3.8, 4) is 5.75 Å². The van der Waals surface area contributed by atoms with Crippen molar-refractivity contribution in [2.45, 2.75) is 56.4 Å². The fourth-order valence-electron chi connectivity index (χ4n) is 2.72. The molecule has 1 aromatic rings. The van der Waals surface area contributed by atoms with E-state index in [1.54, 1.807) is 0 Å². The normalized spacial score (nSPS) is 26.2. The monoisotopic (exact) mass is 252 g/mol. The van der Waals surface area contributed by atoms with Gasteiger partial charge in [0, 0.05) is 0 Å². The number of hydrogen-bond donors (Lipinski definition) is 0. The van der Waals surface area contributed by atoms with E-state index in [0.717, 1.165) is 5.75 Å². The Hall–Kier alpha value is -0.640. The van der Waals surface area contributed by atoms with Gasteiger partial charge in [0.1, 0.15) is 5.44 Å². The molecule has 2 aliphatic rings. The second-order valence-electron chi connectivity index (χ2n) is 5.01. The molecular formula is C13H20N2OS. The third kappa shape index (κ3) is 2.79. The van der Waals surface area contributed by atoms with Crippen LogP contribution < -0.4 is 4.74 Å². The third-order valence-corrected chi connectivity index (χ3v) is 4.91. The lowest BCUT2D eigenvalue weighted by molar-refractivity contribution is 0.282. The minimum absolute atomic E-state index is 0.360. The highest BCUT2D eigenvalue weighted by atomic mass is 32.2. The zero-order valence-corrected chi connectivity index (χ0v) is 11.0. The molecule has 2 heterocycles. The zero-order chi connectivity index (χ0) is 11.5. The Morgan fingerprint density at radius 3 is 2.82 bits per heavy atom. The molecule has 1 aromatic heterocycles. The molecule has 4 heteroatoms. The van der Waals surface area contributed by atoms with E-state index in [0.29, 0.717) is 11.5 Å². The van der Waals surface area contributed by atoms with Crippen LogP contribution in [0.15, 0.2) is 12.4 Å². The molecule has 2 fully saturated rings. The maximum Gasteiger partial charge on any atom is 0.158 e. The predicted octanol–water partition coefficient (Wildman–Crippen LogP) is 3.62. The lowest BCUT2D eigenvalue weighted by atomic mass is 9.96. The molecule has 1 atom stereocenters. The van der Waals surface area contributed by atoms with E-state index in [1.807, 2.05) is 18.0 Å². The zero-order valence-electron chi connectivity index (χ0n) is 10.2. The van der Waals surface area contributed by atoms with Crippen LogP contribution in [0.3, 0.4) is 0 Å². The Morgan fingerprint density at radius 2 is 2.06 bits per heavy atom. The molecule has 3 nitrogen and oxygen atoms in total. The summed E-state index contributed by atoms with van der Waals surface area (Å²) in [5.41, 5.74) is 0.360.